The molecule has 8 nitrogen and oxygen atoms in total. The summed E-state index contributed by atoms with van der Waals surface area (Å²) >= 11 is 0. The Hall–Kier alpha value is -3.94. The van der Waals surface area contributed by atoms with E-state index < -0.39 is 5.97 Å². The highest BCUT2D eigenvalue weighted by Crippen LogP contribution is 2.22. The molecule has 8 heteroatoms. The maximum atomic E-state index is 12.6. The van der Waals surface area contributed by atoms with Crippen molar-refractivity contribution >= 4 is 23.5 Å². The van der Waals surface area contributed by atoms with Crippen molar-refractivity contribution in [2.45, 2.75) is 39.3 Å². The first-order valence-electron chi connectivity index (χ1n) is 10.5. The molecular formula is C25H28N4O4. The number of carbonyl (C=O) groups excluding carboxylic acids is 3. The largest absolute Gasteiger partial charge is 0.465 e. The Morgan fingerprint density at radius 1 is 1.03 bits per heavy atom. The minimum Gasteiger partial charge on any atom is -0.465 e. The number of nitrogens with one attached hydrogen (secondary N) is 2. The van der Waals surface area contributed by atoms with Gasteiger partial charge in [-0.15, -0.1) is 0 Å². The van der Waals surface area contributed by atoms with Gasteiger partial charge in [-0.25, -0.2) is 4.79 Å². The molecule has 0 atom stereocenters. The highest BCUT2D eigenvalue weighted by molar-refractivity contribution is 5.95. The van der Waals surface area contributed by atoms with E-state index in [1.54, 1.807) is 42.7 Å². The molecule has 33 heavy (non-hydrogen) atoms. The van der Waals surface area contributed by atoms with Gasteiger partial charge in [0.15, 0.2) is 0 Å². The number of methoxy groups -OCH3 is 1. The number of carbonyl (C=O) groups is 3. The molecule has 0 aliphatic heterocycles. The van der Waals surface area contributed by atoms with E-state index in [-0.39, 0.29) is 35.9 Å². The second kappa shape index (κ2) is 10.1. The van der Waals surface area contributed by atoms with E-state index in [4.69, 9.17) is 4.74 Å². The molecule has 1 aromatic heterocycles. The number of anilines is 1. The summed E-state index contributed by atoms with van der Waals surface area (Å²) in [6.07, 6.45) is 3.27. The maximum absolute atomic E-state index is 12.6. The van der Waals surface area contributed by atoms with E-state index in [0.717, 1.165) is 5.56 Å². The first kappa shape index (κ1) is 23.7. The lowest BCUT2D eigenvalue weighted by Gasteiger charge is -2.19. The predicted octanol–water partition coefficient (Wildman–Crippen LogP) is 3.54. The number of amides is 2. The lowest BCUT2D eigenvalue weighted by molar-refractivity contribution is -0.116. The summed E-state index contributed by atoms with van der Waals surface area (Å²) in [5.74, 6) is -1.07. The monoisotopic (exact) mass is 448 g/mol. The van der Waals surface area contributed by atoms with Crippen LogP contribution in [0.15, 0.2) is 60.9 Å². The summed E-state index contributed by atoms with van der Waals surface area (Å²) in [5.41, 5.74) is 3.02. The van der Waals surface area contributed by atoms with Gasteiger partial charge in [-0.2, -0.15) is 5.10 Å². The van der Waals surface area contributed by atoms with Gasteiger partial charge >= 0.3 is 5.97 Å². The fourth-order valence-corrected chi connectivity index (χ4v) is 3.25. The molecule has 3 rings (SSSR count). The topological polar surface area (TPSA) is 102 Å². The second-order valence-electron chi connectivity index (χ2n) is 8.67. The summed E-state index contributed by atoms with van der Waals surface area (Å²) in [6, 6.07) is 14.1. The zero-order valence-corrected chi connectivity index (χ0v) is 19.2. The van der Waals surface area contributed by atoms with Crippen LogP contribution in [0.25, 0.3) is 0 Å². The van der Waals surface area contributed by atoms with Crippen LogP contribution in [-0.2, 0) is 28.0 Å². The smallest absolute Gasteiger partial charge is 0.337 e. The molecule has 2 aromatic carbocycles. The van der Waals surface area contributed by atoms with Gasteiger partial charge in [0.05, 0.1) is 12.7 Å². The Labute approximate surface area is 193 Å². The summed E-state index contributed by atoms with van der Waals surface area (Å²) in [6.45, 7) is 6.55. The van der Waals surface area contributed by atoms with Crippen LogP contribution in [0.5, 0.6) is 0 Å². The highest BCUT2D eigenvalue weighted by Gasteiger charge is 2.15. The van der Waals surface area contributed by atoms with Crippen molar-refractivity contribution in [1.82, 2.24) is 15.1 Å². The lowest BCUT2D eigenvalue weighted by atomic mass is 9.87. The SMILES string of the molecule is COC(=O)c1cc(CNC(=O)c2ccc(C(C)(C)C)cc2)cc(NC(=O)Cn2cccn2)c1. The van der Waals surface area contributed by atoms with Crippen molar-refractivity contribution in [2.24, 2.45) is 0 Å². The van der Waals surface area contributed by atoms with Crippen LogP contribution < -0.4 is 10.6 Å². The van der Waals surface area contributed by atoms with E-state index in [1.807, 2.05) is 12.1 Å². The third kappa shape index (κ3) is 6.52. The van der Waals surface area contributed by atoms with Crippen molar-refractivity contribution in [1.29, 1.82) is 0 Å². The van der Waals surface area contributed by atoms with E-state index in [1.165, 1.54) is 17.9 Å². The van der Waals surface area contributed by atoms with E-state index in [9.17, 15) is 14.4 Å². The van der Waals surface area contributed by atoms with Gasteiger partial charge < -0.3 is 15.4 Å². The zero-order chi connectivity index (χ0) is 24.0. The van der Waals surface area contributed by atoms with Gasteiger partial charge in [-0.1, -0.05) is 32.9 Å². The van der Waals surface area contributed by atoms with Gasteiger partial charge in [-0.05, 0) is 52.9 Å². The number of benzene rings is 2. The van der Waals surface area contributed by atoms with Crippen LogP contribution in [0.1, 0.15) is 52.6 Å². The summed E-state index contributed by atoms with van der Waals surface area (Å²) in [5, 5.41) is 9.62. The van der Waals surface area contributed by atoms with Crippen LogP contribution in [0.4, 0.5) is 5.69 Å². The summed E-state index contributed by atoms with van der Waals surface area (Å²) in [7, 11) is 1.29. The van der Waals surface area contributed by atoms with Crippen LogP contribution >= 0.6 is 0 Å². The average molecular weight is 449 g/mol. The molecule has 0 aliphatic rings. The summed E-state index contributed by atoms with van der Waals surface area (Å²) in [4.78, 5) is 37.0. The number of hydrogen-bond acceptors (Lipinski definition) is 5. The van der Waals surface area contributed by atoms with Crippen LogP contribution in [0, 0.1) is 0 Å². The van der Waals surface area contributed by atoms with Crippen molar-refractivity contribution in [3.63, 3.8) is 0 Å². The Balaban J connectivity index is 1.71. The fraction of sp³-hybridized carbons (Fsp3) is 0.280. The number of esters is 1. The minimum atomic E-state index is -0.538. The highest BCUT2D eigenvalue weighted by atomic mass is 16.5. The number of rotatable bonds is 7. The number of aromatic nitrogens is 2. The minimum absolute atomic E-state index is 0.00157. The molecule has 0 unspecified atom stereocenters. The fourth-order valence-electron chi connectivity index (χ4n) is 3.25. The molecule has 0 saturated heterocycles. The quantitative estimate of drug-likeness (QED) is 0.539. The van der Waals surface area contributed by atoms with E-state index >= 15 is 0 Å². The summed E-state index contributed by atoms with van der Waals surface area (Å²) < 4.78 is 6.31. The van der Waals surface area contributed by atoms with E-state index in [0.29, 0.717) is 16.8 Å². The van der Waals surface area contributed by atoms with Crippen molar-refractivity contribution in [2.75, 3.05) is 12.4 Å². The third-order valence-electron chi connectivity index (χ3n) is 5.03. The third-order valence-corrected chi connectivity index (χ3v) is 5.03. The first-order chi connectivity index (χ1) is 15.7. The van der Waals surface area contributed by atoms with E-state index in [2.05, 4.69) is 36.5 Å². The van der Waals surface area contributed by atoms with Gasteiger partial charge in [0.2, 0.25) is 5.91 Å². The molecular weight excluding hydrogens is 420 g/mol. The standard InChI is InChI=1S/C25H28N4O4/c1-25(2,3)20-8-6-18(7-9-20)23(31)26-15-17-12-19(24(32)33-4)14-21(13-17)28-22(30)16-29-11-5-10-27-29/h5-14H,15-16H2,1-4H3,(H,26,31)(H,28,30). The molecule has 1 heterocycles. The Bertz CT molecular complexity index is 1130. The van der Waals surface area contributed by atoms with Crippen molar-refractivity contribution in [3.8, 4) is 0 Å². The van der Waals surface area contributed by atoms with Crippen LogP contribution in [0.2, 0.25) is 0 Å². The molecule has 2 N–H and O–H groups in total. The van der Waals surface area contributed by atoms with Crippen LogP contribution in [0.3, 0.4) is 0 Å². The molecule has 0 bridgehead atoms. The normalized spacial score (nSPS) is 11.0. The molecule has 0 fully saturated rings. The van der Waals surface area contributed by atoms with Crippen molar-refractivity contribution in [3.05, 3.63) is 83.2 Å². The second-order valence-corrected chi connectivity index (χ2v) is 8.67. The Morgan fingerprint density at radius 3 is 2.36 bits per heavy atom. The molecule has 0 saturated carbocycles. The van der Waals surface area contributed by atoms with Gasteiger partial charge in [0, 0.05) is 30.2 Å². The average Bonchev–Trinajstić information content (AvgIpc) is 3.29. The number of hydrogen-bond donors (Lipinski definition) is 2. The molecule has 3 aromatic rings. The zero-order valence-electron chi connectivity index (χ0n) is 19.2. The van der Waals surface area contributed by atoms with Crippen LogP contribution in [-0.4, -0.2) is 34.7 Å². The Morgan fingerprint density at radius 2 is 1.76 bits per heavy atom. The molecule has 0 aliphatic carbocycles. The lowest BCUT2D eigenvalue weighted by Crippen LogP contribution is -2.24. The Kier molecular flexibility index (Phi) is 7.27. The molecule has 172 valence electrons. The maximum Gasteiger partial charge on any atom is 0.337 e. The number of nitrogens with zero attached hydrogens (tertiary/aromatic N) is 2. The molecule has 0 radical (unpaired) electrons. The van der Waals surface area contributed by atoms with Crippen molar-refractivity contribution < 1.29 is 19.1 Å². The molecule has 2 amide bonds. The predicted molar refractivity (Wildman–Crippen MR) is 125 cm³/mol. The van der Waals surface area contributed by atoms with Gasteiger partial charge in [0.1, 0.15) is 6.54 Å². The number of ether oxygens (including phenoxy) is 1. The molecule has 0 spiro atoms. The van der Waals surface area contributed by atoms with Gasteiger partial charge in [0.25, 0.3) is 5.91 Å². The first-order valence-corrected chi connectivity index (χ1v) is 10.5. The van der Waals surface area contributed by atoms with Gasteiger partial charge in [-0.3, -0.25) is 14.3 Å².